The molecular formula is C16H19NO5. The molecule has 2 heterocycles. The highest BCUT2D eigenvalue weighted by atomic mass is 16.5. The lowest BCUT2D eigenvalue weighted by molar-refractivity contribution is -0.147. The number of rotatable bonds is 3. The number of nitrogens with zero attached hydrogens (tertiary/aromatic N) is 1. The van der Waals surface area contributed by atoms with E-state index in [9.17, 15) is 9.59 Å². The van der Waals surface area contributed by atoms with Crippen LogP contribution >= 0.6 is 0 Å². The zero-order valence-electron chi connectivity index (χ0n) is 12.2. The van der Waals surface area contributed by atoms with Crippen LogP contribution in [0.5, 0.6) is 5.75 Å². The molecule has 0 spiro atoms. The number of hydrogen-bond acceptors (Lipinski definition) is 4. The molecule has 1 saturated heterocycles. The number of hydrogen-bond donors (Lipinski definition) is 1. The van der Waals surface area contributed by atoms with Crippen LogP contribution in [-0.2, 0) is 14.3 Å². The molecule has 22 heavy (non-hydrogen) atoms. The monoisotopic (exact) mass is 305 g/mol. The number of carbonyl (C=O) groups excluding carboxylic acids is 1. The van der Waals surface area contributed by atoms with Crippen LogP contribution in [0.4, 0.5) is 0 Å². The van der Waals surface area contributed by atoms with Crippen LogP contribution < -0.4 is 4.74 Å². The van der Waals surface area contributed by atoms with E-state index in [1.165, 1.54) is 0 Å². The van der Waals surface area contributed by atoms with Gasteiger partial charge in [-0.05, 0) is 12.5 Å². The number of carboxylic acids is 1. The first kappa shape index (κ1) is 14.8. The Labute approximate surface area is 128 Å². The first-order chi connectivity index (χ1) is 10.7. The van der Waals surface area contributed by atoms with E-state index in [0.717, 1.165) is 11.3 Å². The summed E-state index contributed by atoms with van der Waals surface area (Å²) in [6, 6.07) is 7.15. The Kier molecular flexibility index (Phi) is 4.29. The number of aliphatic carboxylic acids is 1. The van der Waals surface area contributed by atoms with Gasteiger partial charge in [0.25, 0.3) is 0 Å². The van der Waals surface area contributed by atoms with E-state index in [2.05, 4.69) is 0 Å². The summed E-state index contributed by atoms with van der Waals surface area (Å²) in [4.78, 5) is 25.6. The summed E-state index contributed by atoms with van der Waals surface area (Å²) in [6.45, 7) is 1.67. The summed E-state index contributed by atoms with van der Waals surface area (Å²) in [7, 11) is 0. The second-order valence-electron chi connectivity index (χ2n) is 5.59. The zero-order chi connectivity index (χ0) is 15.5. The van der Waals surface area contributed by atoms with Crippen molar-refractivity contribution in [2.75, 3.05) is 26.4 Å². The lowest BCUT2D eigenvalue weighted by Crippen LogP contribution is -2.51. The molecule has 0 aromatic heterocycles. The van der Waals surface area contributed by atoms with Gasteiger partial charge in [0.1, 0.15) is 5.75 Å². The van der Waals surface area contributed by atoms with Crippen LogP contribution in [0.1, 0.15) is 24.3 Å². The average Bonchev–Trinajstić information content (AvgIpc) is 2.54. The van der Waals surface area contributed by atoms with Gasteiger partial charge in [-0.2, -0.15) is 0 Å². The van der Waals surface area contributed by atoms with Gasteiger partial charge in [0.05, 0.1) is 38.2 Å². The lowest BCUT2D eigenvalue weighted by atomic mass is 9.91. The molecule has 0 aliphatic carbocycles. The van der Waals surface area contributed by atoms with Crippen LogP contribution in [0.2, 0.25) is 0 Å². The number of carboxylic acid groups (broad SMARTS) is 1. The van der Waals surface area contributed by atoms with Crippen molar-refractivity contribution < 1.29 is 24.2 Å². The number of amides is 1. The van der Waals surface area contributed by atoms with Crippen LogP contribution in [-0.4, -0.2) is 54.3 Å². The van der Waals surface area contributed by atoms with Gasteiger partial charge in [-0.25, -0.2) is 0 Å². The number of morpholine rings is 1. The van der Waals surface area contributed by atoms with Crippen molar-refractivity contribution >= 4 is 11.9 Å². The highest BCUT2D eigenvalue weighted by molar-refractivity contribution is 5.85. The Hall–Kier alpha value is -2.08. The van der Waals surface area contributed by atoms with Gasteiger partial charge in [-0.15, -0.1) is 0 Å². The number of benzene rings is 1. The van der Waals surface area contributed by atoms with Crippen molar-refractivity contribution in [1.82, 2.24) is 4.90 Å². The maximum Gasteiger partial charge on any atom is 0.305 e. The fourth-order valence-electron chi connectivity index (χ4n) is 3.11. The molecular weight excluding hydrogens is 286 g/mol. The quantitative estimate of drug-likeness (QED) is 0.909. The Bertz CT molecular complexity index is 573. The van der Waals surface area contributed by atoms with Crippen LogP contribution in [0.15, 0.2) is 24.3 Å². The lowest BCUT2D eigenvalue weighted by Gasteiger charge is -2.38. The Morgan fingerprint density at radius 2 is 2.09 bits per heavy atom. The molecule has 2 atom stereocenters. The van der Waals surface area contributed by atoms with Crippen molar-refractivity contribution in [2.45, 2.75) is 24.8 Å². The molecule has 6 heteroatoms. The molecule has 118 valence electrons. The first-order valence-corrected chi connectivity index (χ1v) is 7.48. The van der Waals surface area contributed by atoms with Crippen molar-refractivity contribution in [3.8, 4) is 5.75 Å². The largest absolute Gasteiger partial charge is 0.493 e. The highest BCUT2D eigenvalue weighted by Gasteiger charge is 2.36. The molecule has 6 nitrogen and oxygen atoms in total. The van der Waals surface area contributed by atoms with Gasteiger partial charge in [-0.3, -0.25) is 9.59 Å². The predicted molar refractivity (Wildman–Crippen MR) is 77.9 cm³/mol. The Morgan fingerprint density at radius 1 is 1.27 bits per heavy atom. The summed E-state index contributed by atoms with van der Waals surface area (Å²) in [5.74, 6) is -0.458. The molecule has 0 bridgehead atoms. The van der Waals surface area contributed by atoms with Gasteiger partial charge in [0.2, 0.25) is 5.91 Å². The predicted octanol–water partition coefficient (Wildman–Crippen LogP) is 1.25. The zero-order valence-corrected chi connectivity index (χ0v) is 12.2. The van der Waals surface area contributed by atoms with E-state index in [1.807, 2.05) is 24.3 Å². The summed E-state index contributed by atoms with van der Waals surface area (Å²) in [5, 5.41) is 9.02. The molecule has 2 aliphatic rings. The molecule has 3 rings (SSSR count). The third-order valence-electron chi connectivity index (χ3n) is 4.18. The fraction of sp³-hybridized carbons (Fsp3) is 0.500. The van der Waals surface area contributed by atoms with E-state index < -0.39 is 12.0 Å². The fourth-order valence-corrected chi connectivity index (χ4v) is 3.11. The molecule has 2 unspecified atom stereocenters. The van der Waals surface area contributed by atoms with Crippen LogP contribution in [0.3, 0.4) is 0 Å². The third kappa shape index (κ3) is 2.92. The Balaban J connectivity index is 1.82. The smallest absolute Gasteiger partial charge is 0.305 e. The average molecular weight is 305 g/mol. The van der Waals surface area contributed by atoms with Crippen LogP contribution in [0, 0.1) is 0 Å². The van der Waals surface area contributed by atoms with Crippen molar-refractivity contribution in [3.63, 3.8) is 0 Å². The normalized spacial score (nSPS) is 24.3. The van der Waals surface area contributed by atoms with E-state index in [-0.39, 0.29) is 24.9 Å². The van der Waals surface area contributed by atoms with Crippen molar-refractivity contribution in [2.24, 2.45) is 0 Å². The maximum atomic E-state index is 12.9. The minimum absolute atomic E-state index is 0.0229. The van der Waals surface area contributed by atoms with Gasteiger partial charge in [0, 0.05) is 12.1 Å². The van der Waals surface area contributed by atoms with E-state index in [1.54, 1.807) is 4.90 Å². The molecule has 1 fully saturated rings. The maximum absolute atomic E-state index is 12.9. The summed E-state index contributed by atoms with van der Waals surface area (Å²) in [6.07, 6.45) is 0.531. The van der Waals surface area contributed by atoms with Crippen LogP contribution in [0.25, 0.3) is 0 Å². The summed E-state index contributed by atoms with van der Waals surface area (Å²) < 4.78 is 10.9. The molecule has 1 amide bonds. The highest BCUT2D eigenvalue weighted by Crippen LogP contribution is 2.35. The molecule has 1 aromatic carbocycles. The van der Waals surface area contributed by atoms with E-state index >= 15 is 0 Å². The number of fused-ring (bicyclic) bond motifs is 1. The minimum atomic E-state index is -0.916. The SMILES string of the molecule is O=C(O)CC1COCCN1C(=O)C1CCOc2ccccc21. The van der Waals surface area contributed by atoms with Gasteiger partial charge in [0.15, 0.2) is 0 Å². The van der Waals surface area contributed by atoms with Gasteiger partial charge >= 0.3 is 5.97 Å². The Morgan fingerprint density at radius 3 is 2.91 bits per heavy atom. The second kappa shape index (κ2) is 6.36. The van der Waals surface area contributed by atoms with Crippen molar-refractivity contribution in [1.29, 1.82) is 0 Å². The third-order valence-corrected chi connectivity index (χ3v) is 4.18. The molecule has 1 N–H and O–H groups in total. The summed E-state index contributed by atoms with van der Waals surface area (Å²) in [5.41, 5.74) is 0.888. The number of ether oxygens (including phenoxy) is 2. The number of carbonyl (C=O) groups is 2. The van der Waals surface area contributed by atoms with Gasteiger partial charge in [-0.1, -0.05) is 18.2 Å². The van der Waals surface area contributed by atoms with E-state index in [4.69, 9.17) is 14.6 Å². The summed E-state index contributed by atoms with van der Waals surface area (Å²) >= 11 is 0. The van der Waals surface area contributed by atoms with Gasteiger partial charge < -0.3 is 19.5 Å². The topological polar surface area (TPSA) is 76.1 Å². The van der Waals surface area contributed by atoms with Crippen molar-refractivity contribution in [3.05, 3.63) is 29.8 Å². The molecule has 0 saturated carbocycles. The molecule has 0 radical (unpaired) electrons. The molecule has 1 aromatic rings. The second-order valence-corrected chi connectivity index (χ2v) is 5.59. The minimum Gasteiger partial charge on any atom is -0.493 e. The number of para-hydroxylation sites is 1. The standard InChI is InChI=1S/C16H19NO5/c18-15(19)9-11-10-21-8-6-17(11)16(20)13-5-7-22-14-4-2-1-3-12(13)14/h1-4,11,13H,5-10H2,(H,18,19). The van der Waals surface area contributed by atoms with E-state index in [0.29, 0.717) is 26.2 Å². The first-order valence-electron chi connectivity index (χ1n) is 7.48. The molecule has 2 aliphatic heterocycles.